The Bertz CT molecular complexity index is 1170. The molecule has 0 radical (unpaired) electrons. The molecule has 158 valence electrons. The van der Waals surface area contributed by atoms with Crippen molar-refractivity contribution in [1.82, 2.24) is 19.9 Å². The van der Waals surface area contributed by atoms with Gasteiger partial charge in [0.1, 0.15) is 5.75 Å². The predicted molar refractivity (Wildman–Crippen MR) is 119 cm³/mol. The van der Waals surface area contributed by atoms with Crippen molar-refractivity contribution in [2.75, 3.05) is 12.4 Å². The van der Waals surface area contributed by atoms with Crippen LogP contribution in [-0.4, -0.2) is 32.9 Å². The number of halogens is 1. The molecule has 0 bridgehead atoms. The molecule has 2 aromatic carbocycles. The van der Waals surface area contributed by atoms with Gasteiger partial charge in [0.05, 0.1) is 29.2 Å². The zero-order valence-electron chi connectivity index (χ0n) is 16.8. The lowest BCUT2D eigenvalue weighted by molar-refractivity contribution is -0.116. The molecule has 31 heavy (non-hydrogen) atoms. The molecule has 1 N–H and O–H groups in total. The third kappa shape index (κ3) is 5.18. The fraction of sp³-hybridized carbons (Fsp3) is 0.182. The molecule has 8 nitrogen and oxygen atoms in total. The van der Waals surface area contributed by atoms with Gasteiger partial charge in [-0.15, -0.1) is 0 Å². The fourth-order valence-corrected chi connectivity index (χ4v) is 3.32. The topological polar surface area (TPSA) is 95.1 Å². The van der Waals surface area contributed by atoms with E-state index in [4.69, 9.17) is 9.26 Å². The number of hydrogen-bond donors (Lipinski definition) is 1. The van der Waals surface area contributed by atoms with E-state index in [1.807, 2.05) is 54.7 Å². The van der Waals surface area contributed by atoms with E-state index >= 15 is 0 Å². The second-order valence-corrected chi connectivity index (χ2v) is 7.68. The van der Waals surface area contributed by atoms with Gasteiger partial charge >= 0.3 is 0 Å². The Kier molecular flexibility index (Phi) is 6.42. The highest BCUT2D eigenvalue weighted by Crippen LogP contribution is 2.22. The van der Waals surface area contributed by atoms with E-state index in [2.05, 4.69) is 36.5 Å². The molecule has 0 aliphatic rings. The van der Waals surface area contributed by atoms with Crippen molar-refractivity contribution < 1.29 is 14.1 Å². The minimum atomic E-state index is -0.0893. The first kappa shape index (κ1) is 20.8. The minimum Gasteiger partial charge on any atom is -0.497 e. The quantitative estimate of drug-likeness (QED) is 0.393. The SMILES string of the molecule is COc1ccc(-c2noc(CCCC(=O)Nc3ccccc3-n3cc(Br)cn3)n2)cc1. The molecule has 0 fully saturated rings. The Labute approximate surface area is 187 Å². The number of anilines is 1. The lowest BCUT2D eigenvalue weighted by atomic mass is 10.2. The molecule has 9 heteroatoms. The van der Waals surface area contributed by atoms with Crippen LogP contribution in [0.3, 0.4) is 0 Å². The summed E-state index contributed by atoms with van der Waals surface area (Å²) in [5.74, 6) is 1.69. The Hall–Kier alpha value is -3.46. The van der Waals surface area contributed by atoms with E-state index in [-0.39, 0.29) is 5.91 Å². The van der Waals surface area contributed by atoms with Gasteiger partial charge in [-0.3, -0.25) is 4.79 Å². The third-order valence-corrected chi connectivity index (χ3v) is 5.00. The van der Waals surface area contributed by atoms with Crippen molar-refractivity contribution in [2.24, 2.45) is 0 Å². The van der Waals surface area contributed by atoms with Crippen molar-refractivity contribution in [2.45, 2.75) is 19.3 Å². The summed E-state index contributed by atoms with van der Waals surface area (Å²) in [6, 6.07) is 14.9. The van der Waals surface area contributed by atoms with Gasteiger partial charge in [-0.05, 0) is 58.7 Å². The number of carbonyl (C=O) groups is 1. The molecular formula is C22H20BrN5O3. The molecule has 0 spiro atoms. The minimum absolute atomic E-state index is 0.0893. The van der Waals surface area contributed by atoms with Crippen molar-refractivity contribution in [3.63, 3.8) is 0 Å². The molecule has 0 aliphatic heterocycles. The summed E-state index contributed by atoms with van der Waals surface area (Å²) in [6.45, 7) is 0. The number of aryl methyl sites for hydroxylation is 1. The van der Waals surface area contributed by atoms with Crippen molar-refractivity contribution in [1.29, 1.82) is 0 Å². The molecule has 2 aromatic heterocycles. The average molecular weight is 482 g/mol. The first-order valence-corrected chi connectivity index (χ1v) is 10.5. The van der Waals surface area contributed by atoms with Gasteiger partial charge in [0.15, 0.2) is 0 Å². The maximum atomic E-state index is 12.4. The van der Waals surface area contributed by atoms with Crippen LogP contribution < -0.4 is 10.1 Å². The molecule has 2 heterocycles. The second kappa shape index (κ2) is 9.57. The number of hydrogen-bond acceptors (Lipinski definition) is 6. The second-order valence-electron chi connectivity index (χ2n) is 6.76. The van der Waals surface area contributed by atoms with Crippen LogP contribution in [0.25, 0.3) is 17.1 Å². The highest BCUT2D eigenvalue weighted by atomic mass is 79.9. The molecule has 0 saturated heterocycles. The standard InChI is InChI=1S/C22H20BrN5O3/c1-30-17-11-9-15(10-12-17)22-26-21(31-27-22)8-4-7-20(29)25-18-5-2-3-6-19(18)28-14-16(23)13-24-28/h2-3,5-6,9-14H,4,7-8H2,1H3,(H,25,29). The maximum Gasteiger partial charge on any atom is 0.226 e. The number of benzene rings is 2. The van der Waals surface area contributed by atoms with E-state index in [1.54, 1.807) is 18.0 Å². The molecule has 1 amide bonds. The van der Waals surface area contributed by atoms with Gasteiger partial charge in [0.2, 0.25) is 17.6 Å². The number of para-hydroxylation sites is 2. The smallest absolute Gasteiger partial charge is 0.226 e. The van der Waals surface area contributed by atoms with E-state index in [0.717, 1.165) is 21.5 Å². The number of carbonyl (C=O) groups excluding carboxylic acids is 1. The van der Waals surface area contributed by atoms with Crippen molar-refractivity contribution >= 4 is 27.5 Å². The van der Waals surface area contributed by atoms with Crippen LogP contribution in [0.5, 0.6) is 5.75 Å². The number of aromatic nitrogens is 4. The average Bonchev–Trinajstić information content (AvgIpc) is 3.43. The van der Waals surface area contributed by atoms with Crippen LogP contribution in [0.15, 0.2) is 69.9 Å². The largest absolute Gasteiger partial charge is 0.497 e. The summed E-state index contributed by atoms with van der Waals surface area (Å²) in [6.07, 6.45) is 4.97. The molecule has 0 aliphatic carbocycles. The molecule has 4 aromatic rings. The lowest BCUT2D eigenvalue weighted by Gasteiger charge is -2.10. The molecule has 0 atom stereocenters. The zero-order valence-corrected chi connectivity index (χ0v) is 18.4. The number of nitrogens with zero attached hydrogens (tertiary/aromatic N) is 4. The Morgan fingerprint density at radius 1 is 1.19 bits per heavy atom. The summed E-state index contributed by atoms with van der Waals surface area (Å²) in [5.41, 5.74) is 2.33. The first-order valence-electron chi connectivity index (χ1n) is 9.69. The zero-order chi connectivity index (χ0) is 21.6. The van der Waals surface area contributed by atoms with E-state index < -0.39 is 0 Å². The van der Waals surface area contributed by atoms with Gasteiger partial charge in [0, 0.05) is 24.6 Å². The van der Waals surface area contributed by atoms with Crippen molar-refractivity contribution in [3.8, 4) is 22.8 Å². The summed E-state index contributed by atoms with van der Waals surface area (Å²) < 4.78 is 13.0. The van der Waals surface area contributed by atoms with Crippen LogP contribution in [0.1, 0.15) is 18.7 Å². The van der Waals surface area contributed by atoms with Gasteiger partial charge in [-0.2, -0.15) is 10.1 Å². The van der Waals surface area contributed by atoms with Gasteiger partial charge in [-0.1, -0.05) is 17.3 Å². The van der Waals surface area contributed by atoms with Crippen LogP contribution in [0.2, 0.25) is 0 Å². The highest BCUT2D eigenvalue weighted by molar-refractivity contribution is 9.10. The first-order chi connectivity index (χ1) is 15.1. The fourth-order valence-electron chi connectivity index (χ4n) is 3.04. The van der Waals surface area contributed by atoms with E-state index in [1.165, 1.54) is 0 Å². The number of amides is 1. The van der Waals surface area contributed by atoms with E-state index in [0.29, 0.717) is 36.7 Å². The summed E-state index contributed by atoms with van der Waals surface area (Å²) in [5, 5.41) is 11.2. The van der Waals surface area contributed by atoms with Crippen LogP contribution in [0, 0.1) is 0 Å². The van der Waals surface area contributed by atoms with Crippen LogP contribution >= 0.6 is 15.9 Å². The molecule has 0 unspecified atom stereocenters. The Morgan fingerprint density at radius 2 is 2.00 bits per heavy atom. The molecule has 4 rings (SSSR count). The predicted octanol–water partition coefficient (Wildman–Crippen LogP) is 4.65. The summed E-state index contributed by atoms with van der Waals surface area (Å²) >= 11 is 3.39. The number of ether oxygens (including phenoxy) is 1. The van der Waals surface area contributed by atoms with Gasteiger partial charge in [-0.25, -0.2) is 4.68 Å². The number of rotatable bonds is 8. The van der Waals surface area contributed by atoms with Crippen LogP contribution in [0.4, 0.5) is 5.69 Å². The maximum absolute atomic E-state index is 12.4. The Morgan fingerprint density at radius 3 is 2.74 bits per heavy atom. The number of nitrogens with one attached hydrogen (secondary N) is 1. The number of methoxy groups -OCH3 is 1. The molecule has 0 saturated carbocycles. The van der Waals surface area contributed by atoms with Gasteiger partial charge < -0.3 is 14.6 Å². The highest BCUT2D eigenvalue weighted by Gasteiger charge is 2.12. The van der Waals surface area contributed by atoms with Gasteiger partial charge in [0.25, 0.3) is 0 Å². The summed E-state index contributed by atoms with van der Waals surface area (Å²) in [7, 11) is 1.62. The van der Waals surface area contributed by atoms with Crippen LogP contribution in [-0.2, 0) is 11.2 Å². The third-order valence-electron chi connectivity index (χ3n) is 4.59. The lowest BCUT2D eigenvalue weighted by Crippen LogP contribution is -2.13. The molecular weight excluding hydrogens is 462 g/mol. The van der Waals surface area contributed by atoms with E-state index in [9.17, 15) is 4.79 Å². The monoisotopic (exact) mass is 481 g/mol. The van der Waals surface area contributed by atoms with Crippen molar-refractivity contribution in [3.05, 3.63) is 71.3 Å². The normalized spacial score (nSPS) is 10.8. The Balaban J connectivity index is 1.32. The summed E-state index contributed by atoms with van der Waals surface area (Å²) in [4.78, 5) is 16.9.